The largest absolute Gasteiger partial charge is 0.325 e. The second-order valence-electron chi connectivity index (χ2n) is 5.55. The summed E-state index contributed by atoms with van der Waals surface area (Å²) in [5.41, 5.74) is 1.31. The van der Waals surface area contributed by atoms with E-state index in [1.807, 2.05) is 16.7 Å². The molecule has 2 aromatic heterocycles. The molecule has 134 valence electrons. The molecule has 1 N–H and O–H groups in total. The number of hydrogen-bond donors (Lipinski definition) is 1. The van der Waals surface area contributed by atoms with Gasteiger partial charge < -0.3 is 9.88 Å². The highest BCUT2D eigenvalue weighted by Gasteiger charge is 2.15. The van der Waals surface area contributed by atoms with Gasteiger partial charge in [0.25, 0.3) is 0 Å². The standard InChI is InChI=1S/C18H18FN5OS/c1-2-9-24-17(13-5-4-8-20-11-13)22-23-18(24)26-12-16(25)21-15-7-3-6-14(19)10-15/h3-8,10-11H,2,9,12H2,1H3,(H,21,25). The number of thioether (sulfide) groups is 1. The van der Waals surface area contributed by atoms with Crippen molar-refractivity contribution in [2.24, 2.45) is 0 Å². The van der Waals surface area contributed by atoms with Gasteiger partial charge in [-0.3, -0.25) is 9.78 Å². The summed E-state index contributed by atoms with van der Waals surface area (Å²) in [6.07, 6.45) is 4.35. The number of hydrogen-bond acceptors (Lipinski definition) is 5. The fraction of sp³-hybridized carbons (Fsp3) is 0.222. The topological polar surface area (TPSA) is 72.7 Å². The Hall–Kier alpha value is -2.74. The van der Waals surface area contributed by atoms with Crippen LogP contribution in [0.5, 0.6) is 0 Å². The maximum atomic E-state index is 13.2. The first-order valence-electron chi connectivity index (χ1n) is 8.19. The van der Waals surface area contributed by atoms with Crippen LogP contribution in [0.25, 0.3) is 11.4 Å². The minimum absolute atomic E-state index is 0.158. The molecule has 1 aromatic carbocycles. The Bertz CT molecular complexity index is 884. The molecule has 1 amide bonds. The van der Waals surface area contributed by atoms with Crippen LogP contribution in [0.1, 0.15) is 13.3 Å². The van der Waals surface area contributed by atoms with E-state index in [4.69, 9.17) is 0 Å². The number of pyridine rings is 1. The predicted molar refractivity (Wildman–Crippen MR) is 99.3 cm³/mol. The normalized spacial score (nSPS) is 10.7. The summed E-state index contributed by atoms with van der Waals surface area (Å²) in [5, 5.41) is 11.8. The van der Waals surface area contributed by atoms with Crippen LogP contribution in [-0.2, 0) is 11.3 Å². The molecule has 6 nitrogen and oxygen atoms in total. The van der Waals surface area contributed by atoms with Crippen LogP contribution in [0.15, 0.2) is 53.9 Å². The average molecular weight is 371 g/mol. The summed E-state index contributed by atoms with van der Waals surface area (Å²) in [7, 11) is 0. The molecule has 0 bridgehead atoms. The van der Waals surface area contributed by atoms with E-state index in [9.17, 15) is 9.18 Å². The van der Waals surface area contributed by atoms with Crippen molar-refractivity contribution in [1.29, 1.82) is 0 Å². The van der Waals surface area contributed by atoms with Gasteiger partial charge in [-0.25, -0.2) is 4.39 Å². The number of carbonyl (C=O) groups excluding carboxylic acids is 1. The molecule has 3 rings (SSSR count). The molecule has 0 saturated heterocycles. The molecule has 0 spiro atoms. The Morgan fingerprint density at radius 2 is 2.15 bits per heavy atom. The van der Waals surface area contributed by atoms with E-state index in [1.54, 1.807) is 24.5 Å². The van der Waals surface area contributed by atoms with Crippen molar-refractivity contribution in [3.63, 3.8) is 0 Å². The summed E-state index contributed by atoms with van der Waals surface area (Å²) in [6, 6.07) is 9.58. The highest BCUT2D eigenvalue weighted by Crippen LogP contribution is 2.24. The van der Waals surface area contributed by atoms with Crippen molar-refractivity contribution in [3.8, 4) is 11.4 Å². The van der Waals surface area contributed by atoms with Crippen molar-refractivity contribution in [2.45, 2.75) is 25.0 Å². The molecule has 0 saturated carbocycles. The first-order chi connectivity index (χ1) is 12.7. The summed E-state index contributed by atoms with van der Waals surface area (Å²) in [4.78, 5) is 16.2. The Morgan fingerprint density at radius 3 is 2.88 bits per heavy atom. The zero-order chi connectivity index (χ0) is 18.4. The van der Waals surface area contributed by atoms with Gasteiger partial charge in [-0.2, -0.15) is 0 Å². The van der Waals surface area contributed by atoms with E-state index in [0.29, 0.717) is 10.8 Å². The highest BCUT2D eigenvalue weighted by molar-refractivity contribution is 7.99. The van der Waals surface area contributed by atoms with Gasteiger partial charge in [-0.05, 0) is 36.8 Å². The van der Waals surface area contributed by atoms with Crippen LogP contribution in [0.3, 0.4) is 0 Å². The maximum absolute atomic E-state index is 13.2. The van der Waals surface area contributed by atoms with Crippen molar-refractivity contribution < 1.29 is 9.18 Å². The average Bonchev–Trinajstić information content (AvgIpc) is 3.04. The van der Waals surface area contributed by atoms with Gasteiger partial charge in [0.1, 0.15) is 5.82 Å². The lowest BCUT2D eigenvalue weighted by molar-refractivity contribution is -0.113. The quantitative estimate of drug-likeness (QED) is 0.642. The number of rotatable bonds is 7. The van der Waals surface area contributed by atoms with Crippen molar-refractivity contribution in [1.82, 2.24) is 19.7 Å². The lowest BCUT2D eigenvalue weighted by Gasteiger charge is -2.09. The Kier molecular flexibility index (Phi) is 5.96. The lowest BCUT2D eigenvalue weighted by atomic mass is 10.2. The zero-order valence-corrected chi connectivity index (χ0v) is 15.0. The second kappa shape index (κ2) is 8.57. The Labute approximate surface area is 154 Å². The molecule has 2 heterocycles. The number of anilines is 1. The highest BCUT2D eigenvalue weighted by atomic mass is 32.2. The lowest BCUT2D eigenvalue weighted by Crippen LogP contribution is -2.14. The van der Waals surface area contributed by atoms with E-state index < -0.39 is 0 Å². The number of carbonyl (C=O) groups is 1. The number of amides is 1. The van der Waals surface area contributed by atoms with Crippen LogP contribution in [0.2, 0.25) is 0 Å². The van der Waals surface area contributed by atoms with Gasteiger partial charge >= 0.3 is 0 Å². The van der Waals surface area contributed by atoms with Crippen molar-refractivity contribution in [3.05, 3.63) is 54.6 Å². The zero-order valence-electron chi connectivity index (χ0n) is 14.2. The van der Waals surface area contributed by atoms with Gasteiger partial charge in [-0.15, -0.1) is 10.2 Å². The summed E-state index contributed by atoms with van der Waals surface area (Å²) in [5.74, 6) is 0.271. The van der Waals surface area contributed by atoms with Crippen molar-refractivity contribution in [2.75, 3.05) is 11.1 Å². The molecule has 0 atom stereocenters. The molecule has 0 unspecified atom stereocenters. The van der Waals surface area contributed by atoms with E-state index in [1.165, 1.54) is 23.9 Å². The van der Waals surface area contributed by atoms with Gasteiger partial charge in [0, 0.05) is 30.2 Å². The summed E-state index contributed by atoms with van der Waals surface area (Å²) < 4.78 is 15.2. The Morgan fingerprint density at radius 1 is 1.27 bits per heavy atom. The molecule has 26 heavy (non-hydrogen) atoms. The van der Waals surface area contributed by atoms with E-state index in [2.05, 4.69) is 27.4 Å². The molecule has 0 fully saturated rings. The third-order valence-electron chi connectivity index (χ3n) is 3.52. The first-order valence-corrected chi connectivity index (χ1v) is 9.17. The van der Waals surface area contributed by atoms with E-state index in [-0.39, 0.29) is 17.5 Å². The molecule has 0 aliphatic heterocycles. The van der Waals surface area contributed by atoms with E-state index >= 15 is 0 Å². The van der Waals surface area contributed by atoms with Crippen LogP contribution >= 0.6 is 11.8 Å². The SMILES string of the molecule is CCCn1c(SCC(=O)Nc2cccc(F)c2)nnc1-c1cccnc1. The van der Waals surface area contributed by atoms with Gasteiger partial charge in [0.15, 0.2) is 11.0 Å². The smallest absolute Gasteiger partial charge is 0.234 e. The maximum Gasteiger partial charge on any atom is 0.234 e. The third-order valence-corrected chi connectivity index (χ3v) is 4.49. The van der Waals surface area contributed by atoms with Gasteiger partial charge in [0.2, 0.25) is 5.91 Å². The molecular weight excluding hydrogens is 353 g/mol. The van der Waals surface area contributed by atoms with Gasteiger partial charge in [-0.1, -0.05) is 24.8 Å². The summed E-state index contributed by atoms with van der Waals surface area (Å²) >= 11 is 1.30. The van der Waals surface area contributed by atoms with Gasteiger partial charge in [0.05, 0.1) is 5.75 Å². The second-order valence-corrected chi connectivity index (χ2v) is 6.49. The van der Waals surface area contributed by atoms with Crippen molar-refractivity contribution >= 4 is 23.4 Å². The number of halogens is 1. The fourth-order valence-electron chi connectivity index (χ4n) is 2.42. The number of benzene rings is 1. The van der Waals surface area contributed by atoms with E-state index in [0.717, 1.165) is 24.4 Å². The first kappa shape index (κ1) is 18.1. The number of aromatic nitrogens is 4. The monoisotopic (exact) mass is 371 g/mol. The summed E-state index contributed by atoms with van der Waals surface area (Å²) in [6.45, 7) is 2.81. The van der Waals surface area contributed by atoms with Crippen LogP contribution in [0.4, 0.5) is 10.1 Å². The molecule has 8 heteroatoms. The fourth-order valence-corrected chi connectivity index (χ4v) is 3.19. The molecule has 0 radical (unpaired) electrons. The third kappa shape index (κ3) is 4.45. The number of nitrogens with zero attached hydrogens (tertiary/aromatic N) is 4. The molecule has 0 aliphatic rings. The molecular formula is C18H18FN5OS. The number of nitrogens with one attached hydrogen (secondary N) is 1. The Balaban J connectivity index is 1.69. The van der Waals surface area contributed by atoms with Crippen LogP contribution in [-0.4, -0.2) is 31.4 Å². The minimum Gasteiger partial charge on any atom is -0.325 e. The molecule has 0 aliphatic carbocycles. The van der Waals surface area contributed by atoms with Crippen LogP contribution < -0.4 is 5.32 Å². The molecule has 3 aromatic rings. The minimum atomic E-state index is -0.390. The predicted octanol–water partition coefficient (Wildman–Crippen LogP) is 3.62. The van der Waals surface area contributed by atoms with Crippen LogP contribution in [0, 0.1) is 5.82 Å².